The van der Waals surface area contributed by atoms with Crippen LogP contribution in [0.3, 0.4) is 0 Å². The summed E-state index contributed by atoms with van der Waals surface area (Å²) in [6, 6.07) is 19.4. The summed E-state index contributed by atoms with van der Waals surface area (Å²) in [5, 5.41) is 11.9. The number of rotatable bonds is 8. The third-order valence-corrected chi connectivity index (χ3v) is 6.97. The van der Waals surface area contributed by atoms with Gasteiger partial charge in [-0.05, 0) is 46.0 Å². The summed E-state index contributed by atoms with van der Waals surface area (Å²) < 4.78 is 19.6. The number of carbonyl (C=O) groups excluding carboxylic acids is 1. The number of carboxylic acids is 1. The van der Waals surface area contributed by atoms with E-state index in [1.165, 1.54) is 23.9 Å². The molecule has 1 amide bonds. The number of carbonyl (C=O) groups is 2. The maximum absolute atomic E-state index is 13.5. The molecule has 0 saturated carbocycles. The molecule has 5 nitrogen and oxygen atoms in total. The molecule has 3 aromatic carbocycles. The lowest BCUT2D eigenvalue weighted by Crippen LogP contribution is -2.43. The van der Waals surface area contributed by atoms with E-state index in [1.807, 2.05) is 48.5 Å². The molecule has 170 valence electrons. The van der Waals surface area contributed by atoms with Gasteiger partial charge in [0, 0.05) is 21.9 Å². The van der Waals surface area contributed by atoms with E-state index in [9.17, 15) is 19.1 Å². The molecule has 1 unspecified atom stereocenters. The fourth-order valence-corrected chi connectivity index (χ4v) is 5.44. The Morgan fingerprint density at radius 1 is 1.06 bits per heavy atom. The van der Waals surface area contributed by atoms with Gasteiger partial charge in [0.15, 0.2) is 0 Å². The van der Waals surface area contributed by atoms with Crippen LogP contribution in [0.4, 0.5) is 9.18 Å². The molecule has 4 rings (SSSR count). The first-order valence-corrected chi connectivity index (χ1v) is 12.2. The summed E-state index contributed by atoms with van der Waals surface area (Å²) in [5.74, 6) is -1.10. The Hall–Kier alpha value is -2.84. The van der Waals surface area contributed by atoms with Crippen molar-refractivity contribution in [2.24, 2.45) is 0 Å². The van der Waals surface area contributed by atoms with E-state index in [1.54, 1.807) is 6.07 Å². The van der Waals surface area contributed by atoms with Gasteiger partial charge < -0.3 is 15.2 Å². The van der Waals surface area contributed by atoms with Crippen molar-refractivity contribution in [1.29, 1.82) is 0 Å². The number of carboxylic acid groups (broad SMARTS) is 1. The Kier molecular flexibility index (Phi) is 7.35. The molecular formula is C25H21BrFNO4S. The number of ether oxygens (including phenoxy) is 1. The quantitative estimate of drug-likeness (QED) is 0.384. The highest BCUT2D eigenvalue weighted by Crippen LogP contribution is 2.44. The minimum absolute atomic E-state index is 0.104. The van der Waals surface area contributed by atoms with Crippen LogP contribution >= 0.6 is 27.7 Å². The molecule has 0 aromatic heterocycles. The zero-order valence-corrected chi connectivity index (χ0v) is 19.9. The van der Waals surface area contributed by atoms with E-state index in [0.29, 0.717) is 10.2 Å². The van der Waals surface area contributed by atoms with Gasteiger partial charge in [-0.25, -0.2) is 14.0 Å². The van der Waals surface area contributed by atoms with Gasteiger partial charge in [0.1, 0.15) is 18.5 Å². The number of nitrogens with one attached hydrogen (secondary N) is 1. The van der Waals surface area contributed by atoms with E-state index >= 15 is 0 Å². The normalized spacial score (nSPS) is 13.2. The molecule has 0 spiro atoms. The first kappa shape index (κ1) is 23.3. The summed E-state index contributed by atoms with van der Waals surface area (Å²) in [7, 11) is 0. The molecule has 0 fully saturated rings. The lowest BCUT2D eigenvalue weighted by Gasteiger charge is -2.17. The highest BCUT2D eigenvalue weighted by Gasteiger charge is 2.29. The standard InChI is InChI=1S/C25H21BrFNO4S/c26-16-9-15(10-17(27)11-16)13-33-14-23(24(29)30)28-25(31)32-12-22-20-7-3-1-5-18(20)19-6-2-4-8-21(19)22/h1-11,22-23H,12-14H2,(H,28,31)(H,29,30). The summed E-state index contributed by atoms with van der Waals surface area (Å²) >= 11 is 4.53. The zero-order valence-electron chi connectivity index (χ0n) is 17.5. The Bertz CT molecular complexity index is 1120. The van der Waals surface area contributed by atoms with Gasteiger partial charge in [-0.3, -0.25) is 0 Å². The van der Waals surface area contributed by atoms with Crippen LogP contribution in [0.2, 0.25) is 0 Å². The van der Waals surface area contributed by atoms with Crippen molar-refractivity contribution in [1.82, 2.24) is 5.32 Å². The number of halogens is 2. The van der Waals surface area contributed by atoms with Crippen molar-refractivity contribution in [2.45, 2.75) is 17.7 Å². The van der Waals surface area contributed by atoms with Gasteiger partial charge in [0.25, 0.3) is 0 Å². The lowest BCUT2D eigenvalue weighted by molar-refractivity contribution is -0.138. The molecule has 0 saturated heterocycles. The number of alkyl carbamates (subject to hydrolysis) is 1. The van der Waals surface area contributed by atoms with Crippen LogP contribution in [-0.4, -0.2) is 35.6 Å². The predicted molar refractivity (Wildman–Crippen MR) is 130 cm³/mol. The second-order valence-electron chi connectivity index (χ2n) is 7.65. The Morgan fingerprint density at radius 3 is 2.30 bits per heavy atom. The number of fused-ring (bicyclic) bond motifs is 3. The number of hydrogen-bond acceptors (Lipinski definition) is 4. The fraction of sp³-hybridized carbons (Fsp3) is 0.200. The van der Waals surface area contributed by atoms with Crippen molar-refractivity contribution >= 4 is 39.8 Å². The number of thioether (sulfide) groups is 1. The largest absolute Gasteiger partial charge is 0.480 e. The van der Waals surface area contributed by atoms with Crippen molar-refractivity contribution in [3.05, 3.63) is 93.7 Å². The number of amides is 1. The Balaban J connectivity index is 1.34. The first-order valence-electron chi connectivity index (χ1n) is 10.3. The van der Waals surface area contributed by atoms with Crippen LogP contribution in [0.15, 0.2) is 71.2 Å². The monoisotopic (exact) mass is 529 g/mol. The summed E-state index contributed by atoms with van der Waals surface area (Å²) in [6.45, 7) is 0.108. The van der Waals surface area contributed by atoms with Crippen LogP contribution < -0.4 is 5.32 Å². The molecule has 1 aliphatic carbocycles. The summed E-state index contributed by atoms with van der Waals surface area (Å²) in [5.41, 5.74) is 5.12. The second kappa shape index (κ2) is 10.4. The van der Waals surface area contributed by atoms with Gasteiger partial charge in [0.2, 0.25) is 0 Å². The minimum atomic E-state index is -1.16. The van der Waals surface area contributed by atoms with E-state index in [0.717, 1.165) is 27.8 Å². The summed E-state index contributed by atoms with van der Waals surface area (Å²) in [4.78, 5) is 24.0. The van der Waals surface area contributed by atoms with Crippen molar-refractivity contribution in [3.8, 4) is 11.1 Å². The molecule has 8 heteroatoms. The number of aliphatic carboxylic acids is 1. The van der Waals surface area contributed by atoms with Crippen molar-refractivity contribution < 1.29 is 23.8 Å². The maximum atomic E-state index is 13.5. The van der Waals surface area contributed by atoms with Gasteiger partial charge in [-0.2, -0.15) is 11.8 Å². The van der Waals surface area contributed by atoms with Crippen LogP contribution in [0, 0.1) is 5.82 Å². The van der Waals surface area contributed by atoms with Crippen LogP contribution in [0.25, 0.3) is 11.1 Å². The third kappa shape index (κ3) is 5.57. The van der Waals surface area contributed by atoms with E-state index in [4.69, 9.17) is 4.74 Å². The van der Waals surface area contributed by atoms with E-state index in [2.05, 4.69) is 21.2 Å². The molecule has 3 aromatic rings. The van der Waals surface area contributed by atoms with Gasteiger partial charge in [-0.1, -0.05) is 64.5 Å². The van der Waals surface area contributed by atoms with E-state index in [-0.39, 0.29) is 24.1 Å². The molecule has 0 radical (unpaired) electrons. The molecule has 1 atom stereocenters. The van der Waals surface area contributed by atoms with Gasteiger partial charge in [0.05, 0.1) is 0 Å². The second-order valence-corrected chi connectivity index (χ2v) is 9.60. The number of hydrogen-bond donors (Lipinski definition) is 2. The smallest absolute Gasteiger partial charge is 0.407 e. The van der Waals surface area contributed by atoms with Gasteiger partial charge in [-0.15, -0.1) is 0 Å². The average molecular weight is 530 g/mol. The molecule has 0 bridgehead atoms. The maximum Gasteiger partial charge on any atom is 0.407 e. The Morgan fingerprint density at radius 2 is 1.70 bits per heavy atom. The predicted octanol–water partition coefficient (Wildman–Crippen LogP) is 5.81. The number of benzene rings is 3. The van der Waals surface area contributed by atoms with Crippen LogP contribution in [0.5, 0.6) is 0 Å². The average Bonchev–Trinajstić information content (AvgIpc) is 3.10. The van der Waals surface area contributed by atoms with Crippen LogP contribution in [-0.2, 0) is 15.3 Å². The molecule has 0 heterocycles. The highest BCUT2D eigenvalue weighted by atomic mass is 79.9. The molecule has 2 N–H and O–H groups in total. The molecule has 0 aliphatic heterocycles. The van der Waals surface area contributed by atoms with E-state index < -0.39 is 18.1 Å². The van der Waals surface area contributed by atoms with Crippen molar-refractivity contribution in [3.63, 3.8) is 0 Å². The fourth-order valence-electron chi connectivity index (χ4n) is 3.95. The third-order valence-electron chi connectivity index (χ3n) is 5.41. The van der Waals surface area contributed by atoms with Gasteiger partial charge >= 0.3 is 12.1 Å². The zero-order chi connectivity index (χ0) is 23.4. The highest BCUT2D eigenvalue weighted by molar-refractivity contribution is 9.10. The molecular weight excluding hydrogens is 509 g/mol. The van der Waals surface area contributed by atoms with Crippen molar-refractivity contribution in [2.75, 3.05) is 12.4 Å². The van der Waals surface area contributed by atoms with Crippen LogP contribution in [0.1, 0.15) is 22.6 Å². The topological polar surface area (TPSA) is 75.6 Å². The lowest BCUT2D eigenvalue weighted by atomic mass is 9.98. The molecule has 1 aliphatic rings. The first-order chi connectivity index (χ1) is 15.9. The minimum Gasteiger partial charge on any atom is -0.480 e. The molecule has 33 heavy (non-hydrogen) atoms. The Labute approximate surface area is 203 Å². The summed E-state index contributed by atoms with van der Waals surface area (Å²) in [6.07, 6.45) is -0.779. The SMILES string of the molecule is O=C(NC(CSCc1cc(F)cc(Br)c1)C(=O)O)OCC1c2ccccc2-c2ccccc21.